The van der Waals surface area contributed by atoms with Crippen molar-refractivity contribution in [3.05, 3.63) is 17.0 Å². The number of rotatable bonds is 2. The molecule has 17 heavy (non-hydrogen) atoms. The van der Waals surface area contributed by atoms with E-state index in [-0.39, 0.29) is 5.92 Å². The molecule has 0 saturated carbocycles. The molecule has 1 aliphatic rings. The second-order valence-electron chi connectivity index (χ2n) is 4.02. The van der Waals surface area contributed by atoms with Crippen molar-refractivity contribution < 1.29 is 9.26 Å². The molecule has 0 bridgehead atoms. The van der Waals surface area contributed by atoms with Crippen LogP contribution in [0.2, 0.25) is 5.02 Å². The molecule has 0 radical (unpaired) electrons. The summed E-state index contributed by atoms with van der Waals surface area (Å²) in [6.07, 6.45) is 2.62. The molecule has 0 N–H and O–H groups in total. The van der Waals surface area contributed by atoms with Gasteiger partial charge in [-0.3, -0.25) is 4.68 Å². The molecular weight excluding hydrogens is 244 g/mol. The molecule has 1 atom stereocenters. The Morgan fingerprint density at radius 3 is 3.06 bits per heavy atom. The molecule has 90 valence electrons. The first-order valence-electron chi connectivity index (χ1n) is 5.35. The molecule has 1 fully saturated rings. The third-order valence-electron chi connectivity index (χ3n) is 2.72. The van der Waals surface area contributed by atoms with Crippen LogP contribution in [0.1, 0.15) is 18.2 Å². The van der Waals surface area contributed by atoms with E-state index in [0.29, 0.717) is 29.0 Å². The van der Waals surface area contributed by atoms with Gasteiger partial charge in [-0.2, -0.15) is 10.1 Å². The molecule has 1 aliphatic heterocycles. The molecule has 7 heteroatoms. The summed E-state index contributed by atoms with van der Waals surface area (Å²) in [5, 5.41) is 8.63. The molecular formula is C10H11ClN4O2. The largest absolute Gasteiger partial charge is 0.381 e. The average Bonchev–Trinajstić information content (AvgIpc) is 2.97. The summed E-state index contributed by atoms with van der Waals surface area (Å²) in [4.78, 5) is 4.32. The van der Waals surface area contributed by atoms with Crippen molar-refractivity contribution in [3.8, 4) is 11.6 Å². The average molecular weight is 255 g/mol. The van der Waals surface area contributed by atoms with Gasteiger partial charge in [0.05, 0.1) is 11.6 Å². The maximum Gasteiger partial charge on any atom is 0.279 e. The lowest BCUT2D eigenvalue weighted by atomic mass is 10.1. The zero-order chi connectivity index (χ0) is 11.8. The Bertz CT molecular complexity index is 530. The molecule has 2 aromatic heterocycles. The minimum Gasteiger partial charge on any atom is -0.381 e. The monoisotopic (exact) mass is 254 g/mol. The minimum atomic E-state index is 0.218. The van der Waals surface area contributed by atoms with Gasteiger partial charge < -0.3 is 9.26 Å². The van der Waals surface area contributed by atoms with E-state index in [9.17, 15) is 0 Å². The van der Waals surface area contributed by atoms with Crippen LogP contribution in [0.4, 0.5) is 0 Å². The Balaban J connectivity index is 1.91. The highest BCUT2D eigenvalue weighted by atomic mass is 35.5. The van der Waals surface area contributed by atoms with Crippen LogP contribution in [0, 0.1) is 0 Å². The van der Waals surface area contributed by atoms with Crippen LogP contribution < -0.4 is 0 Å². The van der Waals surface area contributed by atoms with Crippen LogP contribution in [-0.4, -0.2) is 33.1 Å². The predicted molar refractivity (Wildman–Crippen MR) is 59.7 cm³/mol. The van der Waals surface area contributed by atoms with E-state index in [1.165, 1.54) is 0 Å². The number of ether oxygens (including phenoxy) is 1. The van der Waals surface area contributed by atoms with Gasteiger partial charge in [-0.1, -0.05) is 16.8 Å². The molecule has 6 nitrogen and oxygen atoms in total. The predicted octanol–water partition coefficient (Wildman–Crippen LogP) is 1.63. The van der Waals surface area contributed by atoms with Gasteiger partial charge in [-0.25, -0.2) is 0 Å². The summed E-state index contributed by atoms with van der Waals surface area (Å²) < 4.78 is 12.1. The summed E-state index contributed by atoms with van der Waals surface area (Å²) in [5.74, 6) is 1.24. The second-order valence-corrected chi connectivity index (χ2v) is 4.42. The number of hydrogen-bond donors (Lipinski definition) is 0. The van der Waals surface area contributed by atoms with E-state index in [1.807, 2.05) is 0 Å². The first-order chi connectivity index (χ1) is 8.24. The first kappa shape index (κ1) is 10.7. The first-order valence-corrected chi connectivity index (χ1v) is 5.72. The Kier molecular flexibility index (Phi) is 2.60. The van der Waals surface area contributed by atoms with Crippen LogP contribution in [-0.2, 0) is 11.8 Å². The number of nitrogens with zero attached hydrogens (tertiary/aromatic N) is 4. The molecule has 0 spiro atoms. The van der Waals surface area contributed by atoms with Crippen molar-refractivity contribution in [1.29, 1.82) is 0 Å². The Labute approximate surface area is 103 Å². The van der Waals surface area contributed by atoms with Crippen LogP contribution >= 0.6 is 11.6 Å². The highest BCUT2D eigenvalue weighted by molar-refractivity contribution is 6.32. The summed E-state index contributed by atoms with van der Waals surface area (Å²) in [6, 6.07) is 0. The lowest BCUT2D eigenvalue weighted by molar-refractivity contribution is 0.192. The SMILES string of the molecule is Cn1cc(Cl)c(-c2nc(C3CCOC3)no2)n1. The van der Waals surface area contributed by atoms with Crippen LogP contribution in [0.3, 0.4) is 0 Å². The van der Waals surface area contributed by atoms with Crippen LogP contribution in [0.25, 0.3) is 11.6 Å². The lowest BCUT2D eigenvalue weighted by Crippen LogP contribution is -1.99. The molecule has 2 aromatic rings. The highest BCUT2D eigenvalue weighted by Crippen LogP contribution is 2.28. The number of hydrogen-bond acceptors (Lipinski definition) is 5. The normalized spacial score (nSPS) is 20.0. The van der Waals surface area contributed by atoms with Gasteiger partial charge in [0.1, 0.15) is 0 Å². The Hall–Kier alpha value is -1.40. The summed E-state index contributed by atoms with van der Waals surface area (Å²) >= 11 is 6.01. The molecule has 0 aromatic carbocycles. The second kappa shape index (κ2) is 4.12. The standard InChI is InChI=1S/C10H11ClN4O2/c1-15-4-7(11)8(13-15)10-12-9(14-17-10)6-2-3-16-5-6/h4,6H,2-3,5H2,1H3. The van der Waals surface area contributed by atoms with Gasteiger partial charge in [-0.15, -0.1) is 0 Å². The van der Waals surface area contributed by atoms with Crippen molar-refractivity contribution >= 4 is 11.6 Å². The van der Waals surface area contributed by atoms with E-state index in [4.69, 9.17) is 20.9 Å². The van der Waals surface area contributed by atoms with Gasteiger partial charge in [-0.05, 0) is 6.42 Å². The maximum atomic E-state index is 6.01. The Morgan fingerprint density at radius 1 is 1.53 bits per heavy atom. The lowest BCUT2D eigenvalue weighted by Gasteiger charge is -1.97. The summed E-state index contributed by atoms with van der Waals surface area (Å²) in [5.41, 5.74) is 0.520. The topological polar surface area (TPSA) is 66.0 Å². The van der Waals surface area contributed by atoms with Crippen molar-refractivity contribution in [1.82, 2.24) is 19.9 Å². The summed E-state index contributed by atoms with van der Waals surface area (Å²) in [7, 11) is 1.79. The molecule has 0 aliphatic carbocycles. The Morgan fingerprint density at radius 2 is 2.41 bits per heavy atom. The van der Waals surface area contributed by atoms with E-state index >= 15 is 0 Å². The van der Waals surface area contributed by atoms with Crippen molar-refractivity contribution in [2.24, 2.45) is 7.05 Å². The zero-order valence-electron chi connectivity index (χ0n) is 9.26. The van der Waals surface area contributed by atoms with E-state index in [2.05, 4.69) is 15.2 Å². The van der Waals surface area contributed by atoms with E-state index < -0.39 is 0 Å². The minimum absolute atomic E-state index is 0.218. The van der Waals surface area contributed by atoms with Gasteiger partial charge in [0, 0.05) is 25.8 Å². The maximum absolute atomic E-state index is 6.01. The fourth-order valence-electron chi connectivity index (χ4n) is 1.84. The van der Waals surface area contributed by atoms with E-state index in [0.717, 1.165) is 13.0 Å². The van der Waals surface area contributed by atoms with Crippen molar-refractivity contribution in [2.45, 2.75) is 12.3 Å². The quantitative estimate of drug-likeness (QED) is 0.815. The molecule has 3 rings (SSSR count). The number of aryl methyl sites for hydroxylation is 1. The van der Waals surface area contributed by atoms with Crippen molar-refractivity contribution in [2.75, 3.05) is 13.2 Å². The van der Waals surface area contributed by atoms with E-state index in [1.54, 1.807) is 17.9 Å². The van der Waals surface area contributed by atoms with Gasteiger partial charge >= 0.3 is 0 Å². The summed E-state index contributed by atoms with van der Waals surface area (Å²) in [6.45, 7) is 1.40. The molecule has 1 unspecified atom stereocenters. The number of aromatic nitrogens is 4. The molecule has 3 heterocycles. The smallest absolute Gasteiger partial charge is 0.279 e. The van der Waals surface area contributed by atoms with Crippen molar-refractivity contribution in [3.63, 3.8) is 0 Å². The van der Waals surface area contributed by atoms with Gasteiger partial charge in [0.15, 0.2) is 11.5 Å². The number of halogens is 1. The zero-order valence-corrected chi connectivity index (χ0v) is 10.0. The third-order valence-corrected chi connectivity index (χ3v) is 3.00. The van der Waals surface area contributed by atoms with Crippen LogP contribution in [0.5, 0.6) is 0 Å². The van der Waals surface area contributed by atoms with Gasteiger partial charge in [0.25, 0.3) is 5.89 Å². The fraction of sp³-hybridized carbons (Fsp3) is 0.500. The highest BCUT2D eigenvalue weighted by Gasteiger charge is 2.24. The molecule has 0 amide bonds. The third kappa shape index (κ3) is 1.94. The van der Waals surface area contributed by atoms with Gasteiger partial charge in [0.2, 0.25) is 0 Å². The molecule has 1 saturated heterocycles. The fourth-order valence-corrected chi connectivity index (χ4v) is 2.10. The van der Waals surface area contributed by atoms with Crippen LogP contribution in [0.15, 0.2) is 10.7 Å².